The molecule has 3 rings (SSSR count). The van der Waals surface area contributed by atoms with E-state index in [1.165, 1.54) is 19.4 Å². The second-order valence-electron chi connectivity index (χ2n) is 4.71. The van der Waals surface area contributed by atoms with Crippen LogP contribution in [0, 0.1) is 5.92 Å². The number of aryl methyl sites for hydroxylation is 1. The molecule has 1 aromatic heterocycles. The van der Waals surface area contributed by atoms with Crippen molar-refractivity contribution in [1.82, 2.24) is 14.7 Å². The summed E-state index contributed by atoms with van der Waals surface area (Å²) in [5, 5.41) is 4.73. The van der Waals surface area contributed by atoms with Crippen molar-refractivity contribution in [3.8, 4) is 0 Å². The topological polar surface area (TPSA) is 41.1 Å². The van der Waals surface area contributed by atoms with Crippen LogP contribution in [-0.2, 0) is 6.42 Å². The molecule has 2 fully saturated rings. The van der Waals surface area contributed by atoms with Crippen LogP contribution < -0.4 is 10.2 Å². The van der Waals surface area contributed by atoms with E-state index in [9.17, 15) is 0 Å². The molecule has 0 radical (unpaired) electrons. The summed E-state index contributed by atoms with van der Waals surface area (Å²) in [5.74, 6) is 1.81. The molecule has 2 atom stereocenters. The number of anilines is 1. The molecule has 4 nitrogen and oxygen atoms in total. The van der Waals surface area contributed by atoms with Crippen LogP contribution >= 0.6 is 11.5 Å². The van der Waals surface area contributed by atoms with E-state index < -0.39 is 0 Å². The van der Waals surface area contributed by atoms with E-state index in [-0.39, 0.29) is 0 Å². The van der Waals surface area contributed by atoms with E-state index in [1.807, 2.05) is 0 Å². The van der Waals surface area contributed by atoms with Gasteiger partial charge in [-0.1, -0.05) is 6.92 Å². The monoisotopic (exact) mass is 238 g/mol. The molecule has 0 aliphatic carbocycles. The molecule has 1 aromatic rings. The van der Waals surface area contributed by atoms with Gasteiger partial charge in [-0.05, 0) is 25.3 Å². The minimum atomic E-state index is 0.683. The summed E-state index contributed by atoms with van der Waals surface area (Å²) in [6.07, 6.45) is 3.63. The molecule has 3 heterocycles. The van der Waals surface area contributed by atoms with Gasteiger partial charge in [0.1, 0.15) is 5.82 Å². The first kappa shape index (κ1) is 10.5. The molecule has 0 amide bonds. The van der Waals surface area contributed by atoms with Crippen molar-refractivity contribution in [2.75, 3.05) is 24.5 Å². The predicted molar refractivity (Wildman–Crippen MR) is 66.0 cm³/mol. The fourth-order valence-electron chi connectivity index (χ4n) is 2.72. The first-order valence-corrected chi connectivity index (χ1v) is 6.95. The maximum atomic E-state index is 4.57. The average Bonchev–Trinajstić information content (AvgIpc) is 2.95. The van der Waals surface area contributed by atoms with Crippen LogP contribution in [0.5, 0.6) is 0 Å². The Balaban J connectivity index is 1.72. The first-order chi connectivity index (χ1) is 7.86. The maximum absolute atomic E-state index is 4.57. The summed E-state index contributed by atoms with van der Waals surface area (Å²) >= 11 is 1.55. The number of piperidine rings is 1. The fourth-order valence-corrected chi connectivity index (χ4v) is 3.49. The van der Waals surface area contributed by atoms with Crippen molar-refractivity contribution in [2.24, 2.45) is 5.92 Å². The lowest BCUT2D eigenvalue weighted by atomic mass is 9.94. The molecule has 0 aromatic carbocycles. The normalized spacial score (nSPS) is 29.4. The molecule has 0 saturated carbocycles. The van der Waals surface area contributed by atoms with Crippen molar-refractivity contribution in [3.63, 3.8) is 0 Å². The van der Waals surface area contributed by atoms with Gasteiger partial charge in [0, 0.05) is 37.1 Å². The number of nitrogens with zero attached hydrogens (tertiary/aromatic N) is 3. The summed E-state index contributed by atoms with van der Waals surface area (Å²) in [4.78, 5) is 6.98. The van der Waals surface area contributed by atoms with Crippen molar-refractivity contribution in [1.29, 1.82) is 0 Å². The second-order valence-corrected chi connectivity index (χ2v) is 5.44. The third kappa shape index (κ3) is 1.82. The van der Waals surface area contributed by atoms with Crippen LogP contribution in [0.2, 0.25) is 0 Å². The van der Waals surface area contributed by atoms with E-state index >= 15 is 0 Å². The smallest absolute Gasteiger partial charge is 0.205 e. The number of fused-ring (bicyclic) bond motifs is 1. The molecule has 2 unspecified atom stereocenters. The van der Waals surface area contributed by atoms with Crippen molar-refractivity contribution < 1.29 is 0 Å². The Bertz CT molecular complexity index is 351. The largest absolute Gasteiger partial charge is 0.345 e. The molecule has 2 saturated heterocycles. The van der Waals surface area contributed by atoms with E-state index in [0.29, 0.717) is 6.04 Å². The lowest BCUT2D eigenvalue weighted by Gasteiger charge is -2.24. The number of nitrogens with one attached hydrogen (secondary N) is 1. The molecule has 2 aliphatic rings. The lowest BCUT2D eigenvalue weighted by molar-refractivity contribution is 0.340. The quantitative estimate of drug-likeness (QED) is 0.843. The van der Waals surface area contributed by atoms with E-state index in [0.717, 1.165) is 36.4 Å². The zero-order chi connectivity index (χ0) is 11.0. The van der Waals surface area contributed by atoms with Crippen molar-refractivity contribution >= 4 is 16.7 Å². The maximum Gasteiger partial charge on any atom is 0.205 e. The minimum Gasteiger partial charge on any atom is -0.345 e. The molecule has 0 bridgehead atoms. The highest BCUT2D eigenvalue weighted by molar-refractivity contribution is 7.09. The number of hydrogen-bond acceptors (Lipinski definition) is 5. The van der Waals surface area contributed by atoms with Gasteiger partial charge in [0.2, 0.25) is 5.13 Å². The summed E-state index contributed by atoms with van der Waals surface area (Å²) in [7, 11) is 0. The fraction of sp³-hybridized carbons (Fsp3) is 0.818. The van der Waals surface area contributed by atoms with Gasteiger partial charge in [0.15, 0.2) is 0 Å². The Morgan fingerprint density at radius 1 is 1.50 bits per heavy atom. The first-order valence-electron chi connectivity index (χ1n) is 6.17. The number of rotatable bonds is 2. The highest BCUT2D eigenvalue weighted by Crippen LogP contribution is 2.29. The standard InChI is InChI=1S/C11H18N4S/c1-2-10-13-11(16-14-10)15-6-8-4-3-5-12-9(8)7-15/h8-9,12H,2-7H2,1H3. The van der Waals surface area contributed by atoms with Crippen molar-refractivity contribution in [3.05, 3.63) is 5.82 Å². The third-order valence-electron chi connectivity index (χ3n) is 3.64. The SMILES string of the molecule is CCc1nsc(N2CC3CCCNC3C2)n1. The Hall–Kier alpha value is -0.680. The Kier molecular flexibility index (Phi) is 2.81. The number of hydrogen-bond donors (Lipinski definition) is 1. The van der Waals surface area contributed by atoms with Crippen LogP contribution in [-0.4, -0.2) is 35.0 Å². The molecule has 16 heavy (non-hydrogen) atoms. The van der Waals surface area contributed by atoms with Gasteiger partial charge in [-0.2, -0.15) is 4.37 Å². The van der Waals surface area contributed by atoms with Crippen LogP contribution in [0.15, 0.2) is 0 Å². The summed E-state index contributed by atoms with van der Waals surface area (Å²) < 4.78 is 4.37. The lowest BCUT2D eigenvalue weighted by Crippen LogP contribution is -2.40. The molecule has 2 aliphatic heterocycles. The zero-order valence-electron chi connectivity index (χ0n) is 9.65. The molecule has 1 N–H and O–H groups in total. The van der Waals surface area contributed by atoms with Gasteiger partial charge in [-0.15, -0.1) is 0 Å². The van der Waals surface area contributed by atoms with Crippen LogP contribution in [0.1, 0.15) is 25.6 Å². The Labute approximate surface area is 100 Å². The van der Waals surface area contributed by atoms with Crippen LogP contribution in [0.3, 0.4) is 0 Å². The Morgan fingerprint density at radius 2 is 2.44 bits per heavy atom. The van der Waals surface area contributed by atoms with Crippen LogP contribution in [0.4, 0.5) is 5.13 Å². The number of aromatic nitrogens is 2. The van der Waals surface area contributed by atoms with E-state index in [2.05, 4.69) is 26.5 Å². The zero-order valence-corrected chi connectivity index (χ0v) is 10.5. The highest BCUT2D eigenvalue weighted by Gasteiger charge is 2.35. The predicted octanol–water partition coefficient (Wildman–Crippen LogP) is 1.29. The van der Waals surface area contributed by atoms with E-state index in [4.69, 9.17) is 0 Å². The van der Waals surface area contributed by atoms with Gasteiger partial charge in [0.05, 0.1) is 0 Å². The summed E-state index contributed by atoms with van der Waals surface area (Å²) in [5.41, 5.74) is 0. The summed E-state index contributed by atoms with van der Waals surface area (Å²) in [6, 6.07) is 0.683. The average molecular weight is 238 g/mol. The second kappa shape index (κ2) is 4.30. The molecular formula is C11H18N4S. The highest BCUT2D eigenvalue weighted by atomic mass is 32.1. The third-order valence-corrected chi connectivity index (χ3v) is 4.46. The molecule has 5 heteroatoms. The van der Waals surface area contributed by atoms with Gasteiger partial charge in [0.25, 0.3) is 0 Å². The minimum absolute atomic E-state index is 0.683. The van der Waals surface area contributed by atoms with Gasteiger partial charge >= 0.3 is 0 Å². The summed E-state index contributed by atoms with van der Waals surface area (Å²) in [6.45, 7) is 5.57. The van der Waals surface area contributed by atoms with Crippen LogP contribution in [0.25, 0.3) is 0 Å². The van der Waals surface area contributed by atoms with E-state index in [1.54, 1.807) is 11.5 Å². The van der Waals surface area contributed by atoms with Gasteiger partial charge < -0.3 is 10.2 Å². The molecule has 88 valence electrons. The van der Waals surface area contributed by atoms with Crippen molar-refractivity contribution in [2.45, 2.75) is 32.2 Å². The Morgan fingerprint density at radius 3 is 3.19 bits per heavy atom. The van der Waals surface area contributed by atoms with Gasteiger partial charge in [-0.25, -0.2) is 4.98 Å². The molecule has 0 spiro atoms. The van der Waals surface area contributed by atoms with Gasteiger partial charge in [-0.3, -0.25) is 0 Å². The molecular weight excluding hydrogens is 220 g/mol.